The van der Waals surface area contributed by atoms with Crippen LogP contribution in [-0.4, -0.2) is 44.4 Å². The highest BCUT2D eigenvalue weighted by Crippen LogP contribution is 2.38. The summed E-state index contributed by atoms with van der Waals surface area (Å²) in [5.74, 6) is 0.865. The highest BCUT2D eigenvalue weighted by Gasteiger charge is 2.28. The number of hydrogen-bond acceptors (Lipinski definition) is 8. The Kier molecular flexibility index (Phi) is 7.00. The van der Waals surface area contributed by atoms with Crippen LogP contribution in [0.25, 0.3) is 11.1 Å². The van der Waals surface area contributed by atoms with Gasteiger partial charge in [-0.1, -0.05) is 30.3 Å². The zero-order chi connectivity index (χ0) is 25.8. The number of hydrazone groups is 2. The molecule has 9 nitrogen and oxygen atoms in total. The molecule has 3 aromatic rings. The molecule has 1 aliphatic heterocycles. The quantitative estimate of drug-likeness (QED) is 0.365. The number of amides is 1. The molecule has 1 aliphatic rings. The van der Waals surface area contributed by atoms with Crippen molar-refractivity contribution in [3.05, 3.63) is 71.3 Å². The summed E-state index contributed by atoms with van der Waals surface area (Å²) >= 11 is 0. The predicted molar refractivity (Wildman–Crippen MR) is 138 cm³/mol. The van der Waals surface area contributed by atoms with Gasteiger partial charge in [-0.05, 0) is 54.8 Å². The van der Waals surface area contributed by atoms with Crippen LogP contribution < -0.4 is 25.1 Å². The van der Waals surface area contributed by atoms with E-state index >= 15 is 0 Å². The van der Waals surface area contributed by atoms with E-state index in [1.165, 1.54) is 21.3 Å². The fourth-order valence-electron chi connectivity index (χ4n) is 3.85. The first kappa shape index (κ1) is 24.5. The van der Waals surface area contributed by atoms with E-state index in [1.54, 1.807) is 31.2 Å². The first-order chi connectivity index (χ1) is 17.4. The summed E-state index contributed by atoms with van der Waals surface area (Å²) in [6, 6.07) is 16.6. The van der Waals surface area contributed by atoms with Gasteiger partial charge in [0.2, 0.25) is 5.75 Å². The van der Waals surface area contributed by atoms with Crippen LogP contribution in [0.15, 0.2) is 64.8 Å². The predicted octanol–water partition coefficient (Wildman–Crippen LogP) is 4.19. The van der Waals surface area contributed by atoms with Crippen molar-refractivity contribution in [2.75, 3.05) is 26.8 Å². The minimum atomic E-state index is -0.446. The number of carbonyl (C=O) groups is 2. The van der Waals surface area contributed by atoms with Crippen LogP contribution in [0.4, 0.5) is 5.69 Å². The number of carbonyl (C=O) groups excluding carboxylic acids is 2. The van der Waals surface area contributed by atoms with E-state index in [0.29, 0.717) is 39.8 Å². The maximum Gasteiger partial charge on any atom is 0.294 e. The van der Waals surface area contributed by atoms with Gasteiger partial charge in [-0.2, -0.15) is 10.2 Å². The SMILES string of the molecule is COc1cc(C2=NNC(=O)/C2=N/Nc2ccc(C)c(-c3ccc(C(C)=O)cc3)c2)cc(OC)c1OC. The van der Waals surface area contributed by atoms with Gasteiger partial charge in [0.1, 0.15) is 5.71 Å². The molecule has 0 saturated heterocycles. The Morgan fingerprint density at radius 2 is 1.58 bits per heavy atom. The Morgan fingerprint density at radius 1 is 0.917 bits per heavy atom. The molecule has 9 heteroatoms. The number of nitrogens with one attached hydrogen (secondary N) is 2. The van der Waals surface area contributed by atoms with Crippen LogP contribution in [0.1, 0.15) is 28.4 Å². The number of nitrogens with zero attached hydrogens (tertiary/aromatic N) is 2. The largest absolute Gasteiger partial charge is 0.493 e. The molecule has 0 radical (unpaired) electrons. The van der Waals surface area contributed by atoms with Gasteiger partial charge in [-0.25, -0.2) is 5.43 Å². The lowest BCUT2D eigenvalue weighted by Crippen LogP contribution is -2.25. The van der Waals surface area contributed by atoms with Gasteiger partial charge in [0.05, 0.1) is 27.0 Å². The van der Waals surface area contributed by atoms with Gasteiger partial charge in [0.15, 0.2) is 23.0 Å². The number of aryl methyl sites for hydroxylation is 1. The summed E-state index contributed by atoms with van der Waals surface area (Å²) in [7, 11) is 4.54. The molecule has 0 bridgehead atoms. The van der Waals surface area contributed by atoms with Crippen LogP contribution in [0.5, 0.6) is 17.2 Å². The molecule has 0 aliphatic carbocycles. The highest BCUT2D eigenvalue weighted by atomic mass is 16.5. The molecule has 184 valence electrons. The fraction of sp³-hybridized carbons (Fsp3) is 0.185. The number of ether oxygens (including phenoxy) is 3. The minimum Gasteiger partial charge on any atom is -0.493 e. The second kappa shape index (κ2) is 10.3. The second-order valence-electron chi connectivity index (χ2n) is 8.05. The molecule has 0 saturated carbocycles. The minimum absolute atomic E-state index is 0.0175. The normalized spacial score (nSPS) is 13.8. The van der Waals surface area contributed by atoms with Crippen molar-refractivity contribution in [2.24, 2.45) is 10.2 Å². The summed E-state index contributed by atoms with van der Waals surface area (Å²) in [6.07, 6.45) is 0. The third-order valence-corrected chi connectivity index (χ3v) is 5.78. The fourth-order valence-corrected chi connectivity index (χ4v) is 3.85. The van der Waals surface area contributed by atoms with Crippen LogP contribution in [0.3, 0.4) is 0 Å². The smallest absolute Gasteiger partial charge is 0.294 e. The summed E-state index contributed by atoms with van der Waals surface area (Å²) in [4.78, 5) is 24.1. The number of hydrogen-bond donors (Lipinski definition) is 2. The molecule has 2 N–H and O–H groups in total. The van der Waals surface area contributed by atoms with E-state index in [-0.39, 0.29) is 11.5 Å². The van der Waals surface area contributed by atoms with Crippen molar-refractivity contribution in [1.29, 1.82) is 0 Å². The molecule has 36 heavy (non-hydrogen) atoms. The summed E-state index contributed by atoms with van der Waals surface area (Å²) < 4.78 is 16.2. The van der Waals surface area contributed by atoms with Crippen LogP contribution in [-0.2, 0) is 4.79 Å². The lowest BCUT2D eigenvalue weighted by Gasteiger charge is -2.14. The van der Waals surface area contributed by atoms with Crippen molar-refractivity contribution in [3.8, 4) is 28.4 Å². The second-order valence-corrected chi connectivity index (χ2v) is 8.05. The van der Waals surface area contributed by atoms with Crippen LogP contribution in [0, 0.1) is 6.92 Å². The van der Waals surface area contributed by atoms with Crippen LogP contribution in [0.2, 0.25) is 0 Å². The third kappa shape index (κ3) is 4.76. The molecule has 4 rings (SSSR count). The Hall–Kier alpha value is -4.66. The van der Waals surface area contributed by atoms with Crippen molar-refractivity contribution in [3.63, 3.8) is 0 Å². The van der Waals surface area contributed by atoms with Gasteiger partial charge < -0.3 is 14.2 Å². The van der Waals surface area contributed by atoms with Gasteiger partial charge in [0, 0.05) is 11.1 Å². The van der Waals surface area contributed by atoms with E-state index in [1.807, 2.05) is 37.3 Å². The topological polar surface area (TPSA) is 111 Å². The lowest BCUT2D eigenvalue weighted by molar-refractivity contribution is -0.114. The number of ketones is 1. The maximum atomic E-state index is 12.5. The third-order valence-electron chi connectivity index (χ3n) is 5.78. The highest BCUT2D eigenvalue weighted by molar-refractivity contribution is 6.72. The zero-order valence-corrected chi connectivity index (χ0v) is 20.6. The van der Waals surface area contributed by atoms with E-state index in [0.717, 1.165) is 16.7 Å². The van der Waals surface area contributed by atoms with Gasteiger partial charge >= 0.3 is 0 Å². The van der Waals surface area contributed by atoms with E-state index in [4.69, 9.17) is 14.2 Å². The first-order valence-corrected chi connectivity index (χ1v) is 11.1. The first-order valence-electron chi connectivity index (χ1n) is 11.1. The molecule has 0 atom stereocenters. The zero-order valence-electron chi connectivity index (χ0n) is 20.6. The average molecular weight is 487 g/mol. The van der Waals surface area contributed by atoms with Gasteiger partial charge in [-0.3, -0.25) is 15.0 Å². The molecule has 0 aromatic heterocycles. The van der Waals surface area contributed by atoms with Crippen molar-refractivity contribution < 1.29 is 23.8 Å². The summed E-state index contributed by atoms with van der Waals surface area (Å²) in [6.45, 7) is 3.54. The Morgan fingerprint density at radius 3 is 2.17 bits per heavy atom. The Labute approximate surface area is 208 Å². The van der Waals surface area contributed by atoms with E-state index in [2.05, 4.69) is 21.1 Å². The average Bonchev–Trinajstić information content (AvgIpc) is 3.27. The maximum absolute atomic E-state index is 12.5. The standard InChI is InChI=1S/C27H26N4O5/c1-15-6-11-20(14-21(15)18-9-7-17(8-10-18)16(2)32)28-30-25-24(29-31-27(25)33)19-12-22(34-3)26(36-5)23(13-19)35-4/h6-14,28H,1-5H3,(H,30,31,33). The van der Waals surface area contributed by atoms with E-state index < -0.39 is 5.91 Å². The van der Waals surface area contributed by atoms with Crippen molar-refractivity contribution in [2.45, 2.75) is 13.8 Å². The molecular formula is C27H26N4O5. The molecular weight excluding hydrogens is 460 g/mol. The summed E-state index contributed by atoms with van der Waals surface area (Å²) in [5, 5.41) is 8.51. The van der Waals surface area contributed by atoms with Crippen molar-refractivity contribution in [1.82, 2.24) is 5.43 Å². The van der Waals surface area contributed by atoms with Gasteiger partial charge in [-0.15, -0.1) is 0 Å². The van der Waals surface area contributed by atoms with E-state index in [9.17, 15) is 9.59 Å². The number of methoxy groups -OCH3 is 3. The van der Waals surface area contributed by atoms with Gasteiger partial charge in [0.25, 0.3) is 5.91 Å². The number of benzene rings is 3. The molecule has 0 fully saturated rings. The molecule has 0 unspecified atom stereocenters. The molecule has 0 spiro atoms. The van der Waals surface area contributed by atoms with Crippen LogP contribution >= 0.6 is 0 Å². The molecule has 1 amide bonds. The molecule has 3 aromatic carbocycles. The number of rotatable bonds is 8. The molecule has 1 heterocycles. The monoisotopic (exact) mass is 486 g/mol. The lowest BCUT2D eigenvalue weighted by atomic mass is 9.98. The van der Waals surface area contributed by atoms with Crippen molar-refractivity contribution >= 4 is 28.8 Å². The number of anilines is 1. The Bertz CT molecular complexity index is 1370. The number of Topliss-reactive ketones (excluding diaryl/α,β-unsaturated/α-hetero) is 1. The Balaban J connectivity index is 1.65. The summed E-state index contributed by atoms with van der Waals surface area (Å²) in [5.41, 5.74) is 10.8.